The first-order valence-corrected chi connectivity index (χ1v) is 15.2. The molecule has 0 N–H and O–H groups in total. The van der Waals surface area contributed by atoms with Crippen LogP contribution in [-0.4, -0.2) is 110 Å². The SMILES string of the molecule is FC(F)(F)C(F)(F)C(F)(F)C(F)(F)C(F)(F)C(F)(F)C(F)(F)C(F)(F)CCSC(=S)SCCC(F)(F)C(F)(F)C(F)(F)C(F)(F)C(F)(F)C(F)(F)C(F)(F)C(F)(F)F. The summed E-state index contributed by atoms with van der Waals surface area (Å²) in [4.78, 5) is 0. The third-order valence-electron chi connectivity index (χ3n) is 6.85. The van der Waals surface area contributed by atoms with Crippen LogP contribution in [0.3, 0.4) is 0 Å². The zero-order valence-electron chi connectivity index (χ0n) is 25.4. The van der Waals surface area contributed by atoms with Gasteiger partial charge in [-0.05, 0) is 0 Å². The molecule has 0 aromatic carbocycles. The zero-order valence-corrected chi connectivity index (χ0v) is 27.9. The lowest BCUT2D eigenvalue weighted by Gasteiger charge is -2.42. The first-order valence-electron chi connectivity index (χ1n) is 12.8. The van der Waals surface area contributed by atoms with Crippen LogP contribution in [-0.2, 0) is 0 Å². The standard InChI is InChI=1S/C21H8F34S3/c22-6(23,8(26,27)10(30,31)12(34,35)14(38,39)16(42,43)18(46,47)20(50,51)52)1-3-57-5(56)58-4-2-7(24,25)9(28,29)11(32,33)13(36,37)15(40,41)17(44,45)19(48,49)21(53,54)55/h1-4H2. The first-order chi connectivity index (χ1) is 24.6. The molecule has 0 nitrogen and oxygen atoms in total. The van der Waals surface area contributed by atoms with Crippen molar-refractivity contribution in [2.45, 2.75) is 108 Å². The molecule has 0 spiro atoms. The lowest BCUT2D eigenvalue weighted by molar-refractivity contribution is -0.461. The van der Waals surface area contributed by atoms with Gasteiger partial charge in [-0.15, -0.1) is 23.5 Å². The maximum Gasteiger partial charge on any atom is 0.460 e. The molecule has 0 unspecified atom stereocenters. The summed E-state index contributed by atoms with van der Waals surface area (Å²) < 4.78 is 450. The quantitative estimate of drug-likeness (QED) is 0.0992. The fraction of sp³-hybridized carbons (Fsp3) is 0.952. The minimum absolute atomic E-state index is 0.858. The minimum atomic E-state index is -8.98. The molecule has 58 heavy (non-hydrogen) atoms. The van der Waals surface area contributed by atoms with Gasteiger partial charge in [-0.25, -0.2) is 0 Å². The van der Waals surface area contributed by atoms with E-state index in [-0.39, 0.29) is 0 Å². The van der Waals surface area contributed by atoms with Crippen LogP contribution in [0.25, 0.3) is 0 Å². The van der Waals surface area contributed by atoms with Crippen molar-refractivity contribution in [1.82, 2.24) is 0 Å². The van der Waals surface area contributed by atoms with Crippen LogP contribution < -0.4 is 0 Å². The summed E-state index contributed by atoms with van der Waals surface area (Å²) in [6.07, 6.45) is -22.5. The Morgan fingerprint density at radius 2 is 0.414 bits per heavy atom. The largest absolute Gasteiger partial charge is 0.460 e. The average molecular weight is 1000 g/mol. The second kappa shape index (κ2) is 15.3. The number of thioether (sulfide) groups is 2. The van der Waals surface area contributed by atoms with Gasteiger partial charge in [0.25, 0.3) is 0 Å². The van der Waals surface area contributed by atoms with Gasteiger partial charge >= 0.3 is 95.3 Å². The molecular formula is C21H8F34S3. The Balaban J connectivity index is 6.12. The van der Waals surface area contributed by atoms with E-state index in [2.05, 4.69) is 12.2 Å². The Kier molecular flexibility index (Phi) is 14.9. The van der Waals surface area contributed by atoms with E-state index in [1.54, 1.807) is 0 Å². The Hall–Kier alpha value is -1.59. The molecule has 0 radical (unpaired) electrons. The predicted octanol–water partition coefficient (Wildman–Crippen LogP) is 13.5. The highest BCUT2D eigenvalue weighted by Gasteiger charge is 2.96. The van der Waals surface area contributed by atoms with Crippen molar-refractivity contribution in [2.24, 2.45) is 0 Å². The predicted molar refractivity (Wildman–Crippen MR) is 128 cm³/mol. The van der Waals surface area contributed by atoms with Gasteiger partial charge in [0.1, 0.15) is 3.53 Å². The average Bonchev–Trinajstić information content (AvgIpc) is 2.98. The molecule has 0 fully saturated rings. The molecule has 0 aromatic rings. The molecule has 0 aliphatic heterocycles. The van der Waals surface area contributed by atoms with E-state index in [1.165, 1.54) is 0 Å². The second-order valence-electron chi connectivity index (χ2n) is 10.7. The molecule has 0 aromatic heterocycles. The van der Waals surface area contributed by atoms with E-state index < -0.39 is 147 Å². The Morgan fingerprint density at radius 3 is 0.586 bits per heavy atom. The van der Waals surface area contributed by atoms with Crippen molar-refractivity contribution in [3.63, 3.8) is 0 Å². The second-order valence-corrected chi connectivity index (χ2v) is 14.1. The molecule has 0 rings (SSSR count). The van der Waals surface area contributed by atoms with Crippen LogP contribution in [0.15, 0.2) is 0 Å². The van der Waals surface area contributed by atoms with E-state index >= 15 is 0 Å². The number of halogens is 34. The van der Waals surface area contributed by atoms with Crippen molar-refractivity contribution in [3.05, 3.63) is 0 Å². The zero-order chi connectivity index (χ0) is 47.8. The summed E-state index contributed by atoms with van der Waals surface area (Å²) in [5, 5.41) is 0. The lowest BCUT2D eigenvalue weighted by atomic mass is 9.88. The number of rotatable bonds is 18. The van der Waals surface area contributed by atoms with E-state index in [0.29, 0.717) is 0 Å². The third-order valence-corrected chi connectivity index (χ3v) is 9.55. The molecule has 0 bridgehead atoms. The highest BCUT2D eigenvalue weighted by Crippen LogP contribution is 2.66. The maximum absolute atomic E-state index is 13.9. The molecule has 0 aliphatic rings. The fourth-order valence-corrected chi connectivity index (χ4v) is 5.66. The van der Waals surface area contributed by atoms with Crippen LogP contribution in [0, 0.1) is 0 Å². The van der Waals surface area contributed by atoms with Gasteiger partial charge in [-0.1, -0.05) is 12.2 Å². The summed E-state index contributed by atoms with van der Waals surface area (Å²) in [5.74, 6) is -123. The van der Waals surface area contributed by atoms with Crippen LogP contribution >= 0.6 is 35.7 Å². The topological polar surface area (TPSA) is 0 Å². The number of thiocarbonyl (C=S) groups is 1. The summed E-state index contributed by atoms with van der Waals surface area (Å²) in [6, 6.07) is 0. The van der Waals surface area contributed by atoms with E-state index in [0.717, 1.165) is 0 Å². The molecule has 0 heterocycles. The normalized spacial score (nSPS) is 16.6. The number of hydrogen-bond acceptors (Lipinski definition) is 3. The number of hydrogen-bond donors (Lipinski definition) is 0. The Morgan fingerprint density at radius 1 is 0.259 bits per heavy atom. The van der Waals surface area contributed by atoms with Crippen molar-refractivity contribution >= 4 is 39.3 Å². The number of alkyl halides is 34. The van der Waals surface area contributed by atoms with E-state index in [9.17, 15) is 149 Å². The third kappa shape index (κ3) is 8.10. The van der Waals surface area contributed by atoms with Crippen LogP contribution in [0.2, 0.25) is 0 Å². The van der Waals surface area contributed by atoms with Gasteiger partial charge in [0.15, 0.2) is 0 Å². The summed E-state index contributed by atoms with van der Waals surface area (Å²) in [5.41, 5.74) is 0. The molecule has 0 aliphatic carbocycles. The Bertz CT molecular complexity index is 1340. The highest BCUT2D eigenvalue weighted by molar-refractivity contribution is 8.47. The van der Waals surface area contributed by atoms with Gasteiger partial charge < -0.3 is 0 Å². The van der Waals surface area contributed by atoms with Crippen molar-refractivity contribution in [1.29, 1.82) is 0 Å². The Labute approximate surface area is 308 Å². The molecule has 0 saturated heterocycles. The van der Waals surface area contributed by atoms with Crippen LogP contribution in [0.5, 0.6) is 0 Å². The van der Waals surface area contributed by atoms with E-state index in [4.69, 9.17) is 0 Å². The van der Waals surface area contributed by atoms with Crippen molar-refractivity contribution < 1.29 is 149 Å². The van der Waals surface area contributed by atoms with Gasteiger partial charge in [0.2, 0.25) is 0 Å². The molecule has 37 heteroatoms. The fourth-order valence-electron chi connectivity index (χ4n) is 3.27. The van der Waals surface area contributed by atoms with Crippen LogP contribution in [0.4, 0.5) is 149 Å². The van der Waals surface area contributed by atoms with Gasteiger partial charge in [-0.3, -0.25) is 0 Å². The maximum atomic E-state index is 13.9. The minimum Gasteiger partial charge on any atom is -0.200 e. The highest BCUT2D eigenvalue weighted by atomic mass is 32.2. The van der Waals surface area contributed by atoms with Crippen LogP contribution in [0.1, 0.15) is 12.8 Å². The van der Waals surface area contributed by atoms with Crippen molar-refractivity contribution in [2.75, 3.05) is 11.5 Å². The van der Waals surface area contributed by atoms with Crippen molar-refractivity contribution in [3.8, 4) is 0 Å². The lowest BCUT2D eigenvalue weighted by Crippen LogP contribution is -2.74. The molecule has 0 saturated carbocycles. The van der Waals surface area contributed by atoms with Gasteiger partial charge in [0, 0.05) is 24.3 Å². The van der Waals surface area contributed by atoms with Gasteiger partial charge in [-0.2, -0.15) is 149 Å². The summed E-state index contributed by atoms with van der Waals surface area (Å²) >= 11 is 2.31. The smallest absolute Gasteiger partial charge is 0.200 e. The molecule has 0 atom stereocenters. The van der Waals surface area contributed by atoms with Gasteiger partial charge in [0.05, 0.1) is 0 Å². The van der Waals surface area contributed by atoms with E-state index in [1.807, 2.05) is 0 Å². The summed E-state index contributed by atoms with van der Waals surface area (Å²) in [6.45, 7) is 0. The monoisotopic (exact) mass is 1000 g/mol. The first kappa shape index (κ1) is 56.4. The molecule has 348 valence electrons. The molecule has 0 amide bonds. The molecular weight excluding hydrogens is 994 g/mol. The summed E-state index contributed by atoms with van der Waals surface area (Å²) in [7, 11) is 0.